The third-order valence-corrected chi connectivity index (χ3v) is 9.34. The zero-order chi connectivity index (χ0) is 22.6. The molecule has 31 heavy (non-hydrogen) atoms. The van der Waals surface area contributed by atoms with Gasteiger partial charge in [-0.25, -0.2) is 12.8 Å². The average molecular weight is 468 g/mol. The monoisotopic (exact) mass is 467 g/mol. The Labute approximate surface area is 185 Å². The number of aliphatic hydroxyl groups is 2. The highest BCUT2D eigenvalue weighted by Crippen LogP contribution is 2.55. The standard InChI is InChI=1S/C22H23ClFNO5S/c1-12-6-16(3-5-19(12)24)25-21(27)13-2-4-18(23)20(7-13)31(29,30)17-9-14-8-15(10-17)22(14,28)11-26/h2-7,14-15,17,26,28H,8-11H2,1H3,(H,25,27)/t14?,15?,17-,22-. The molecule has 2 atom stereocenters. The molecule has 1 amide bonds. The summed E-state index contributed by atoms with van der Waals surface area (Å²) in [4.78, 5) is 12.5. The Bertz CT molecular complexity index is 1140. The molecule has 2 unspecified atom stereocenters. The van der Waals surface area contributed by atoms with E-state index in [0.29, 0.717) is 17.7 Å². The van der Waals surface area contributed by atoms with Gasteiger partial charge in [-0.15, -0.1) is 0 Å². The van der Waals surface area contributed by atoms with Crippen LogP contribution >= 0.6 is 11.6 Å². The van der Waals surface area contributed by atoms with Gasteiger partial charge in [-0.3, -0.25) is 4.79 Å². The largest absolute Gasteiger partial charge is 0.393 e. The molecule has 0 spiro atoms. The van der Waals surface area contributed by atoms with Crippen molar-refractivity contribution >= 4 is 33.0 Å². The van der Waals surface area contributed by atoms with Gasteiger partial charge in [0.05, 0.1) is 27.4 Å². The number of nitrogens with one attached hydrogen (secondary N) is 1. The number of aliphatic hydroxyl groups excluding tert-OH is 1. The van der Waals surface area contributed by atoms with Gasteiger partial charge in [0.2, 0.25) is 0 Å². The van der Waals surface area contributed by atoms with Gasteiger partial charge < -0.3 is 15.5 Å². The van der Waals surface area contributed by atoms with Crippen LogP contribution in [0, 0.1) is 24.6 Å². The fraction of sp³-hybridized carbons (Fsp3) is 0.409. The quantitative estimate of drug-likeness (QED) is 0.625. The van der Waals surface area contributed by atoms with Gasteiger partial charge in [0.25, 0.3) is 5.91 Å². The van der Waals surface area contributed by atoms with Crippen LogP contribution in [0.15, 0.2) is 41.3 Å². The molecule has 9 heteroatoms. The molecule has 6 nitrogen and oxygen atoms in total. The lowest BCUT2D eigenvalue weighted by Crippen LogP contribution is -2.63. The molecule has 166 valence electrons. The van der Waals surface area contributed by atoms with Crippen molar-refractivity contribution < 1.29 is 27.8 Å². The molecule has 0 radical (unpaired) electrons. The van der Waals surface area contributed by atoms with Crippen molar-refractivity contribution in [1.82, 2.24) is 0 Å². The van der Waals surface area contributed by atoms with E-state index in [-0.39, 0.29) is 46.8 Å². The Morgan fingerprint density at radius 1 is 1.19 bits per heavy atom. The third-order valence-electron chi connectivity index (χ3n) is 6.69. The van der Waals surface area contributed by atoms with E-state index in [1.54, 1.807) is 6.92 Å². The number of aryl methyl sites for hydroxylation is 1. The molecular weight excluding hydrogens is 445 g/mol. The summed E-state index contributed by atoms with van der Waals surface area (Å²) in [6.07, 6.45) is 1.16. The van der Waals surface area contributed by atoms with Crippen molar-refractivity contribution in [1.29, 1.82) is 0 Å². The number of rotatable bonds is 5. The Kier molecular flexibility index (Phi) is 5.62. The van der Waals surface area contributed by atoms with Crippen LogP contribution < -0.4 is 5.32 Å². The van der Waals surface area contributed by atoms with Crippen molar-refractivity contribution in [3.05, 3.63) is 58.4 Å². The fourth-order valence-electron chi connectivity index (χ4n) is 4.74. The summed E-state index contributed by atoms with van der Waals surface area (Å²) in [7, 11) is -3.85. The van der Waals surface area contributed by atoms with Crippen LogP contribution in [-0.2, 0) is 9.84 Å². The van der Waals surface area contributed by atoms with Gasteiger partial charge in [0.1, 0.15) is 5.82 Å². The zero-order valence-corrected chi connectivity index (χ0v) is 18.4. The van der Waals surface area contributed by atoms with Crippen LogP contribution in [-0.4, -0.2) is 42.0 Å². The predicted octanol–water partition coefficient (Wildman–Crippen LogP) is 3.34. The number of benzene rings is 2. The van der Waals surface area contributed by atoms with Crippen LogP contribution in [0.4, 0.5) is 10.1 Å². The molecule has 3 saturated carbocycles. The van der Waals surface area contributed by atoms with E-state index >= 15 is 0 Å². The van der Waals surface area contributed by atoms with E-state index in [2.05, 4.69) is 5.32 Å². The van der Waals surface area contributed by atoms with Crippen LogP contribution in [0.5, 0.6) is 0 Å². The lowest BCUT2D eigenvalue weighted by Gasteiger charge is -2.57. The first kappa shape index (κ1) is 22.2. The number of fused-ring (bicyclic) bond motifs is 2. The highest BCUT2D eigenvalue weighted by molar-refractivity contribution is 7.92. The Morgan fingerprint density at radius 3 is 2.48 bits per heavy atom. The van der Waals surface area contributed by atoms with Gasteiger partial charge in [-0.2, -0.15) is 0 Å². The number of sulfone groups is 1. The van der Waals surface area contributed by atoms with E-state index in [1.165, 1.54) is 36.4 Å². The van der Waals surface area contributed by atoms with Crippen LogP contribution in [0.2, 0.25) is 5.02 Å². The first-order valence-corrected chi connectivity index (χ1v) is 11.9. The molecule has 2 aromatic rings. The van der Waals surface area contributed by atoms with Gasteiger partial charge in [-0.05, 0) is 80.0 Å². The highest BCUT2D eigenvalue weighted by atomic mass is 35.5. The number of amides is 1. The predicted molar refractivity (Wildman–Crippen MR) is 114 cm³/mol. The Balaban J connectivity index is 1.57. The molecule has 3 aliphatic rings. The molecule has 3 N–H and O–H groups in total. The second-order valence-electron chi connectivity index (χ2n) is 8.48. The van der Waals surface area contributed by atoms with Crippen molar-refractivity contribution in [3.8, 4) is 0 Å². The van der Waals surface area contributed by atoms with E-state index in [4.69, 9.17) is 11.6 Å². The fourth-order valence-corrected chi connectivity index (χ4v) is 7.14. The molecular formula is C22H23ClFNO5S. The minimum Gasteiger partial charge on any atom is -0.393 e. The Morgan fingerprint density at radius 2 is 1.87 bits per heavy atom. The summed E-state index contributed by atoms with van der Waals surface area (Å²) in [5.41, 5.74) is -0.335. The summed E-state index contributed by atoms with van der Waals surface area (Å²) in [6.45, 7) is 1.19. The van der Waals surface area contributed by atoms with E-state index in [9.17, 15) is 27.8 Å². The van der Waals surface area contributed by atoms with E-state index < -0.39 is 32.4 Å². The van der Waals surface area contributed by atoms with Gasteiger partial charge in [0, 0.05) is 11.3 Å². The maximum absolute atomic E-state index is 13.4. The van der Waals surface area contributed by atoms with Crippen LogP contribution in [0.3, 0.4) is 0 Å². The number of hydrogen-bond acceptors (Lipinski definition) is 5. The summed E-state index contributed by atoms with van der Waals surface area (Å²) in [6, 6.07) is 8.19. The van der Waals surface area contributed by atoms with Crippen molar-refractivity contribution in [2.24, 2.45) is 11.8 Å². The molecule has 2 bridgehead atoms. The SMILES string of the molecule is Cc1cc(NC(=O)c2ccc(Cl)c(S(=O)(=O)[C@H]3CC4CC(C3)[C@]4(O)CO)c2)ccc1F. The minimum atomic E-state index is -3.85. The lowest BCUT2D eigenvalue weighted by molar-refractivity contribution is -0.197. The van der Waals surface area contributed by atoms with Crippen molar-refractivity contribution in [2.45, 2.75) is 41.9 Å². The first-order chi connectivity index (χ1) is 14.6. The molecule has 2 aromatic carbocycles. The second-order valence-corrected chi connectivity index (χ2v) is 11.1. The molecule has 0 saturated heterocycles. The maximum atomic E-state index is 13.4. The lowest BCUT2D eigenvalue weighted by atomic mass is 9.54. The number of carbonyl (C=O) groups excluding carboxylic acids is 1. The molecule has 3 fully saturated rings. The Hall–Kier alpha value is -2.00. The number of halogens is 2. The van der Waals surface area contributed by atoms with Crippen LogP contribution in [0.25, 0.3) is 0 Å². The summed E-state index contributed by atoms with van der Waals surface area (Å²) < 4.78 is 40.0. The van der Waals surface area contributed by atoms with Gasteiger partial charge in [0.15, 0.2) is 9.84 Å². The molecule has 3 aliphatic carbocycles. The van der Waals surface area contributed by atoms with Crippen molar-refractivity contribution in [3.63, 3.8) is 0 Å². The average Bonchev–Trinajstić information content (AvgIpc) is 2.75. The smallest absolute Gasteiger partial charge is 0.255 e. The third kappa shape index (κ3) is 3.75. The summed E-state index contributed by atoms with van der Waals surface area (Å²) >= 11 is 6.19. The molecule has 0 aliphatic heterocycles. The number of hydrogen-bond donors (Lipinski definition) is 3. The summed E-state index contributed by atoms with van der Waals surface area (Å²) in [5, 5.41) is 21.8. The zero-order valence-electron chi connectivity index (χ0n) is 16.8. The van der Waals surface area contributed by atoms with Crippen LogP contribution in [0.1, 0.15) is 35.2 Å². The molecule has 0 heterocycles. The second kappa shape index (κ2) is 7.85. The summed E-state index contributed by atoms with van der Waals surface area (Å²) in [5.74, 6) is -1.48. The van der Waals surface area contributed by atoms with Gasteiger partial charge >= 0.3 is 0 Å². The highest BCUT2D eigenvalue weighted by Gasteiger charge is 2.59. The van der Waals surface area contributed by atoms with E-state index in [1.807, 2.05) is 0 Å². The maximum Gasteiger partial charge on any atom is 0.255 e. The van der Waals surface area contributed by atoms with E-state index in [0.717, 1.165) is 0 Å². The van der Waals surface area contributed by atoms with Gasteiger partial charge in [-0.1, -0.05) is 11.6 Å². The van der Waals surface area contributed by atoms with Crippen molar-refractivity contribution in [2.75, 3.05) is 11.9 Å². The number of anilines is 1. The normalized spacial score (nSPS) is 27.5. The molecule has 5 rings (SSSR count). The topological polar surface area (TPSA) is 104 Å². The first-order valence-electron chi connectivity index (χ1n) is 10.0. The molecule has 0 aromatic heterocycles. The minimum absolute atomic E-state index is 0.0193. The number of carbonyl (C=O) groups is 1.